The molecule has 2 unspecified atom stereocenters. The summed E-state index contributed by atoms with van der Waals surface area (Å²) in [6, 6.07) is 0.136. The molecule has 1 heterocycles. The number of hydrogen-bond acceptors (Lipinski definition) is 3. The van der Waals surface area contributed by atoms with Crippen molar-refractivity contribution in [1.82, 2.24) is 4.98 Å². The molecule has 0 aromatic carbocycles. The maximum atomic E-state index is 6.67. The summed E-state index contributed by atoms with van der Waals surface area (Å²) in [4.78, 5) is 5.85. The molecule has 3 atom stereocenters. The number of fused-ring (bicyclic) bond motifs is 1. The van der Waals surface area contributed by atoms with E-state index in [4.69, 9.17) is 5.73 Å². The first-order chi connectivity index (χ1) is 8.22. The zero-order chi connectivity index (χ0) is 13.7. The minimum absolute atomic E-state index is 0.136. The summed E-state index contributed by atoms with van der Waals surface area (Å²) in [7, 11) is 0. The van der Waals surface area contributed by atoms with Crippen LogP contribution in [0.15, 0.2) is 5.51 Å². The summed E-state index contributed by atoms with van der Waals surface area (Å²) >= 11 is 1.73. The molecule has 0 saturated heterocycles. The van der Waals surface area contributed by atoms with Crippen molar-refractivity contribution >= 4 is 11.3 Å². The SMILES string of the molecule is CC(C)C(C)C1(C(C)(C)C)Cc2ncsc2[C@H]1N. The topological polar surface area (TPSA) is 38.9 Å². The Labute approximate surface area is 115 Å². The van der Waals surface area contributed by atoms with Gasteiger partial charge in [-0.3, -0.25) is 0 Å². The number of aromatic nitrogens is 1. The standard InChI is InChI=1S/C15H26N2S/c1-9(2)10(3)15(14(4,5)6)7-11-12(13(15)16)18-8-17-11/h8-10,13H,7,16H2,1-6H3/t10?,13-,15?/m1/s1. The molecule has 0 saturated carbocycles. The number of rotatable bonds is 2. The Morgan fingerprint density at radius 2 is 2.00 bits per heavy atom. The molecule has 0 fully saturated rings. The molecule has 102 valence electrons. The molecule has 1 aliphatic rings. The van der Waals surface area contributed by atoms with Gasteiger partial charge in [-0.15, -0.1) is 11.3 Å². The van der Waals surface area contributed by atoms with Gasteiger partial charge >= 0.3 is 0 Å². The van der Waals surface area contributed by atoms with Crippen LogP contribution >= 0.6 is 11.3 Å². The molecule has 2 rings (SSSR count). The highest BCUT2D eigenvalue weighted by atomic mass is 32.1. The van der Waals surface area contributed by atoms with Crippen LogP contribution < -0.4 is 5.73 Å². The molecule has 1 aromatic rings. The van der Waals surface area contributed by atoms with Crippen LogP contribution in [0, 0.1) is 22.7 Å². The van der Waals surface area contributed by atoms with Crippen molar-refractivity contribution in [2.24, 2.45) is 28.4 Å². The van der Waals surface area contributed by atoms with Gasteiger partial charge in [0.05, 0.1) is 11.2 Å². The third-order valence-corrected chi connectivity index (χ3v) is 6.13. The minimum Gasteiger partial charge on any atom is -0.323 e. The lowest BCUT2D eigenvalue weighted by Gasteiger charge is -2.51. The molecule has 2 N–H and O–H groups in total. The molecular weight excluding hydrogens is 240 g/mol. The fourth-order valence-corrected chi connectivity index (χ4v) is 4.65. The Morgan fingerprint density at radius 3 is 2.44 bits per heavy atom. The van der Waals surface area contributed by atoms with Crippen molar-refractivity contribution < 1.29 is 0 Å². The van der Waals surface area contributed by atoms with Crippen molar-refractivity contribution in [3.05, 3.63) is 16.1 Å². The summed E-state index contributed by atoms with van der Waals surface area (Å²) in [6.45, 7) is 14.0. The van der Waals surface area contributed by atoms with Crippen LogP contribution in [0.25, 0.3) is 0 Å². The Balaban J connectivity index is 2.51. The maximum Gasteiger partial charge on any atom is 0.0798 e. The van der Waals surface area contributed by atoms with Crippen LogP contribution in [-0.2, 0) is 6.42 Å². The van der Waals surface area contributed by atoms with Crippen molar-refractivity contribution in [1.29, 1.82) is 0 Å². The largest absolute Gasteiger partial charge is 0.323 e. The van der Waals surface area contributed by atoms with Gasteiger partial charge in [-0.1, -0.05) is 41.5 Å². The quantitative estimate of drug-likeness (QED) is 0.878. The molecule has 0 amide bonds. The lowest BCUT2D eigenvalue weighted by Crippen LogP contribution is -2.49. The van der Waals surface area contributed by atoms with Crippen LogP contribution in [-0.4, -0.2) is 4.98 Å². The normalized spacial score (nSPS) is 29.7. The third-order valence-electron chi connectivity index (χ3n) is 5.18. The zero-order valence-electron chi connectivity index (χ0n) is 12.4. The van der Waals surface area contributed by atoms with Gasteiger partial charge in [-0.25, -0.2) is 4.98 Å². The number of nitrogens with two attached hydrogens (primary N) is 1. The molecule has 1 aliphatic carbocycles. The first-order valence-corrected chi connectivity index (χ1v) is 7.77. The second kappa shape index (κ2) is 4.31. The highest BCUT2D eigenvalue weighted by Gasteiger charge is 2.56. The van der Waals surface area contributed by atoms with Crippen molar-refractivity contribution in [2.45, 2.75) is 54.0 Å². The molecule has 0 bridgehead atoms. The van der Waals surface area contributed by atoms with Gasteiger partial charge in [0.1, 0.15) is 0 Å². The Kier molecular flexibility index (Phi) is 3.35. The minimum atomic E-state index is 0.136. The summed E-state index contributed by atoms with van der Waals surface area (Å²) < 4.78 is 0. The second-order valence-corrected chi connectivity index (χ2v) is 8.03. The third kappa shape index (κ3) is 1.75. The Bertz CT molecular complexity index is 430. The molecular formula is C15H26N2S. The maximum absolute atomic E-state index is 6.67. The lowest BCUT2D eigenvalue weighted by molar-refractivity contribution is -0.0147. The fraction of sp³-hybridized carbons (Fsp3) is 0.800. The van der Waals surface area contributed by atoms with E-state index in [2.05, 4.69) is 46.5 Å². The van der Waals surface area contributed by atoms with E-state index < -0.39 is 0 Å². The van der Waals surface area contributed by atoms with Crippen LogP contribution in [0.5, 0.6) is 0 Å². The smallest absolute Gasteiger partial charge is 0.0798 e. The van der Waals surface area contributed by atoms with Crippen molar-refractivity contribution in [2.75, 3.05) is 0 Å². The second-order valence-electron chi connectivity index (χ2n) is 7.14. The monoisotopic (exact) mass is 266 g/mol. The van der Waals surface area contributed by atoms with Gasteiger partial charge < -0.3 is 5.73 Å². The van der Waals surface area contributed by atoms with E-state index in [9.17, 15) is 0 Å². The Morgan fingerprint density at radius 1 is 1.39 bits per heavy atom. The van der Waals surface area contributed by atoms with Crippen molar-refractivity contribution in [3.63, 3.8) is 0 Å². The summed E-state index contributed by atoms with van der Waals surface area (Å²) in [6.07, 6.45) is 1.04. The lowest BCUT2D eigenvalue weighted by atomic mass is 9.55. The molecule has 0 radical (unpaired) electrons. The van der Waals surface area contributed by atoms with E-state index in [1.807, 2.05) is 5.51 Å². The first-order valence-electron chi connectivity index (χ1n) is 6.89. The average molecular weight is 266 g/mol. The van der Waals surface area contributed by atoms with Crippen LogP contribution in [0.3, 0.4) is 0 Å². The Hall–Kier alpha value is -0.410. The summed E-state index contributed by atoms with van der Waals surface area (Å²) in [5, 5.41) is 0. The predicted octanol–water partition coefficient (Wildman–Crippen LogP) is 4.02. The van der Waals surface area contributed by atoms with E-state index in [1.54, 1.807) is 11.3 Å². The van der Waals surface area contributed by atoms with Gasteiger partial charge in [-0.2, -0.15) is 0 Å². The molecule has 0 spiro atoms. The molecule has 0 aliphatic heterocycles. The van der Waals surface area contributed by atoms with Gasteiger partial charge in [0.25, 0.3) is 0 Å². The van der Waals surface area contributed by atoms with Gasteiger partial charge in [0, 0.05) is 16.3 Å². The van der Waals surface area contributed by atoms with E-state index in [0.717, 1.165) is 6.42 Å². The fourth-order valence-electron chi connectivity index (χ4n) is 3.74. The van der Waals surface area contributed by atoms with Crippen LogP contribution in [0.4, 0.5) is 0 Å². The number of nitrogens with zero attached hydrogens (tertiary/aromatic N) is 1. The van der Waals surface area contributed by atoms with Crippen LogP contribution in [0.1, 0.15) is 58.2 Å². The average Bonchev–Trinajstić information content (AvgIpc) is 2.78. The van der Waals surface area contributed by atoms with Gasteiger partial charge in [-0.05, 0) is 23.7 Å². The van der Waals surface area contributed by atoms with E-state index in [1.165, 1.54) is 10.6 Å². The highest BCUT2D eigenvalue weighted by molar-refractivity contribution is 7.09. The van der Waals surface area contributed by atoms with Gasteiger partial charge in [0.15, 0.2) is 0 Å². The van der Waals surface area contributed by atoms with Crippen LogP contribution in [0.2, 0.25) is 0 Å². The highest BCUT2D eigenvalue weighted by Crippen LogP contribution is 2.60. The van der Waals surface area contributed by atoms with Crippen molar-refractivity contribution in [3.8, 4) is 0 Å². The van der Waals surface area contributed by atoms with E-state index in [-0.39, 0.29) is 16.9 Å². The number of hydrogen-bond donors (Lipinski definition) is 1. The summed E-state index contributed by atoms with van der Waals surface area (Å²) in [5.41, 5.74) is 10.2. The van der Waals surface area contributed by atoms with Gasteiger partial charge in [0.2, 0.25) is 0 Å². The summed E-state index contributed by atoms with van der Waals surface area (Å²) in [5.74, 6) is 1.23. The predicted molar refractivity (Wildman–Crippen MR) is 78.6 cm³/mol. The molecule has 2 nitrogen and oxygen atoms in total. The molecule has 18 heavy (non-hydrogen) atoms. The molecule has 1 aromatic heterocycles. The molecule has 3 heteroatoms. The zero-order valence-corrected chi connectivity index (χ0v) is 13.3. The van der Waals surface area contributed by atoms with E-state index in [0.29, 0.717) is 11.8 Å². The number of thiazole rings is 1. The first kappa shape index (κ1) is 14.0. The van der Waals surface area contributed by atoms with E-state index >= 15 is 0 Å².